The Bertz CT molecular complexity index is 486. The quantitative estimate of drug-likeness (QED) is 0.843. The molecule has 0 saturated carbocycles. The topological polar surface area (TPSA) is 46.2 Å². The molecule has 0 heterocycles. The molecule has 0 amide bonds. The smallest absolute Gasteiger partial charge is 0.212 e. The van der Waals surface area contributed by atoms with Crippen LogP contribution < -0.4 is 4.72 Å². The first-order chi connectivity index (χ1) is 7.44. The van der Waals surface area contributed by atoms with Gasteiger partial charge in [-0.2, -0.15) is 0 Å². The molecule has 0 bridgehead atoms. The first-order valence-electron chi connectivity index (χ1n) is 4.47. The third-order valence-electron chi connectivity index (χ3n) is 1.81. The molecule has 1 aromatic carbocycles. The van der Waals surface area contributed by atoms with Gasteiger partial charge in [-0.15, -0.1) is 6.58 Å². The fraction of sp³-hybridized carbons (Fsp3) is 0.200. The van der Waals surface area contributed by atoms with Gasteiger partial charge in [0.25, 0.3) is 0 Å². The van der Waals surface area contributed by atoms with Crippen LogP contribution in [-0.2, 0) is 15.8 Å². The third-order valence-corrected chi connectivity index (χ3v) is 3.69. The lowest BCUT2D eigenvalue weighted by Crippen LogP contribution is -2.25. The Balaban J connectivity index is 2.84. The molecule has 0 unspecified atom stereocenters. The number of hydrogen-bond donors (Lipinski definition) is 1. The van der Waals surface area contributed by atoms with Crippen LogP contribution in [0, 0.1) is 0 Å². The van der Waals surface area contributed by atoms with Crippen LogP contribution in [0.25, 0.3) is 0 Å². The Hall–Kier alpha value is -0.550. The standard InChI is InChI=1S/C10H11Cl2NO2S/c1-2-5-13-16(14,15)7-8-3-4-9(11)6-10(8)12/h2-4,6,13H,1,5,7H2. The van der Waals surface area contributed by atoms with Gasteiger partial charge in [0.05, 0.1) is 5.75 Å². The number of halogens is 2. The van der Waals surface area contributed by atoms with Crippen LogP contribution in [0.2, 0.25) is 10.0 Å². The molecule has 0 aliphatic rings. The Morgan fingerprint density at radius 2 is 2.06 bits per heavy atom. The van der Waals surface area contributed by atoms with Gasteiger partial charge in [0.2, 0.25) is 10.0 Å². The van der Waals surface area contributed by atoms with Crippen molar-refractivity contribution in [3.05, 3.63) is 46.5 Å². The first-order valence-corrected chi connectivity index (χ1v) is 6.87. The van der Waals surface area contributed by atoms with Gasteiger partial charge in [-0.25, -0.2) is 13.1 Å². The summed E-state index contributed by atoms with van der Waals surface area (Å²) in [5.74, 6) is -0.170. The summed E-state index contributed by atoms with van der Waals surface area (Å²) < 4.78 is 25.5. The van der Waals surface area contributed by atoms with E-state index in [-0.39, 0.29) is 12.3 Å². The summed E-state index contributed by atoms with van der Waals surface area (Å²) in [6.45, 7) is 3.63. The SMILES string of the molecule is C=CCNS(=O)(=O)Cc1ccc(Cl)cc1Cl. The predicted octanol–water partition coefficient (Wildman–Crippen LogP) is 2.60. The van der Waals surface area contributed by atoms with Gasteiger partial charge in [0.1, 0.15) is 0 Å². The molecule has 3 nitrogen and oxygen atoms in total. The highest BCUT2D eigenvalue weighted by Gasteiger charge is 2.12. The second-order valence-electron chi connectivity index (χ2n) is 3.13. The van der Waals surface area contributed by atoms with Gasteiger partial charge >= 0.3 is 0 Å². The highest BCUT2D eigenvalue weighted by atomic mass is 35.5. The lowest BCUT2D eigenvalue weighted by atomic mass is 10.2. The van der Waals surface area contributed by atoms with Crippen LogP contribution in [-0.4, -0.2) is 15.0 Å². The second-order valence-corrected chi connectivity index (χ2v) is 5.78. The highest BCUT2D eigenvalue weighted by Crippen LogP contribution is 2.22. The van der Waals surface area contributed by atoms with E-state index in [9.17, 15) is 8.42 Å². The van der Waals surface area contributed by atoms with Crippen LogP contribution in [0.5, 0.6) is 0 Å². The van der Waals surface area contributed by atoms with Crippen LogP contribution in [0.3, 0.4) is 0 Å². The summed E-state index contributed by atoms with van der Waals surface area (Å²) in [5.41, 5.74) is 0.516. The molecule has 1 rings (SSSR count). The maximum absolute atomic E-state index is 11.5. The second kappa shape index (κ2) is 5.68. The monoisotopic (exact) mass is 279 g/mol. The van der Waals surface area contributed by atoms with Gasteiger partial charge in [-0.05, 0) is 17.7 Å². The highest BCUT2D eigenvalue weighted by molar-refractivity contribution is 7.88. The van der Waals surface area contributed by atoms with Crippen molar-refractivity contribution in [2.24, 2.45) is 0 Å². The van der Waals surface area contributed by atoms with E-state index in [1.54, 1.807) is 12.1 Å². The fourth-order valence-corrected chi connectivity index (χ4v) is 2.77. The normalized spacial score (nSPS) is 11.4. The predicted molar refractivity (Wildman–Crippen MR) is 67.3 cm³/mol. The third kappa shape index (κ3) is 4.14. The van der Waals surface area contributed by atoms with E-state index >= 15 is 0 Å². The molecule has 1 N–H and O–H groups in total. The summed E-state index contributed by atoms with van der Waals surface area (Å²) in [6.07, 6.45) is 1.47. The van der Waals surface area contributed by atoms with Crippen molar-refractivity contribution in [3.63, 3.8) is 0 Å². The van der Waals surface area contributed by atoms with Crippen molar-refractivity contribution in [2.75, 3.05) is 6.54 Å². The Morgan fingerprint density at radius 3 is 2.62 bits per heavy atom. The van der Waals surface area contributed by atoms with Crippen molar-refractivity contribution >= 4 is 33.2 Å². The number of rotatable bonds is 5. The van der Waals surface area contributed by atoms with Crippen molar-refractivity contribution in [1.82, 2.24) is 4.72 Å². The van der Waals surface area contributed by atoms with Gasteiger partial charge in [-0.3, -0.25) is 0 Å². The average molecular weight is 280 g/mol. The van der Waals surface area contributed by atoms with Gasteiger partial charge in [0, 0.05) is 16.6 Å². The summed E-state index contributed by atoms with van der Waals surface area (Å²) in [6, 6.07) is 4.71. The number of nitrogens with one attached hydrogen (secondary N) is 1. The van der Waals surface area contributed by atoms with Gasteiger partial charge in [-0.1, -0.05) is 35.3 Å². The largest absolute Gasteiger partial charge is 0.216 e. The molecule has 6 heteroatoms. The van der Waals surface area contributed by atoms with Crippen LogP contribution in [0.1, 0.15) is 5.56 Å². The Labute approximate surface area is 105 Å². The van der Waals surface area contributed by atoms with Crippen LogP contribution in [0.4, 0.5) is 0 Å². The van der Waals surface area contributed by atoms with Crippen LogP contribution >= 0.6 is 23.2 Å². The summed E-state index contributed by atoms with van der Waals surface area (Å²) in [5, 5.41) is 0.821. The van der Waals surface area contributed by atoms with E-state index in [2.05, 4.69) is 11.3 Å². The fourth-order valence-electron chi connectivity index (χ4n) is 1.08. The molecule has 16 heavy (non-hydrogen) atoms. The van der Waals surface area contributed by atoms with Gasteiger partial charge in [0.15, 0.2) is 0 Å². The molecule has 0 aromatic heterocycles. The van der Waals surface area contributed by atoms with E-state index in [1.165, 1.54) is 12.1 Å². The number of sulfonamides is 1. The average Bonchev–Trinajstić information content (AvgIpc) is 2.19. The molecule has 0 radical (unpaired) electrons. The van der Waals surface area contributed by atoms with Gasteiger partial charge < -0.3 is 0 Å². The van der Waals surface area contributed by atoms with Crippen LogP contribution in [0.15, 0.2) is 30.9 Å². The first kappa shape index (κ1) is 13.5. The molecule has 0 atom stereocenters. The molecule has 0 aliphatic heterocycles. The minimum atomic E-state index is -3.38. The number of hydrogen-bond acceptors (Lipinski definition) is 2. The van der Waals surface area contributed by atoms with Crippen molar-refractivity contribution in [1.29, 1.82) is 0 Å². The lowest BCUT2D eigenvalue weighted by molar-refractivity contribution is 0.585. The molecular formula is C10H11Cl2NO2S. The van der Waals surface area contributed by atoms with E-state index in [0.717, 1.165) is 0 Å². The lowest BCUT2D eigenvalue weighted by Gasteiger charge is -2.06. The molecule has 0 aliphatic carbocycles. The molecule has 0 saturated heterocycles. The van der Waals surface area contributed by atoms with E-state index < -0.39 is 10.0 Å². The van der Waals surface area contributed by atoms with Crippen molar-refractivity contribution < 1.29 is 8.42 Å². The zero-order chi connectivity index (χ0) is 12.2. The van der Waals surface area contributed by atoms with Crippen molar-refractivity contribution in [2.45, 2.75) is 5.75 Å². The molecule has 0 fully saturated rings. The molecule has 88 valence electrons. The maximum Gasteiger partial charge on any atom is 0.216 e. The Kier molecular flexibility index (Phi) is 4.80. The minimum absolute atomic E-state index is 0.170. The van der Waals surface area contributed by atoms with E-state index in [4.69, 9.17) is 23.2 Å². The minimum Gasteiger partial charge on any atom is -0.212 e. The molecule has 0 spiro atoms. The zero-order valence-corrected chi connectivity index (χ0v) is 10.7. The summed E-state index contributed by atoms with van der Waals surface area (Å²) in [4.78, 5) is 0. The number of benzene rings is 1. The van der Waals surface area contributed by atoms with Crippen molar-refractivity contribution in [3.8, 4) is 0 Å². The maximum atomic E-state index is 11.5. The summed E-state index contributed by atoms with van der Waals surface area (Å²) in [7, 11) is -3.38. The molecular weight excluding hydrogens is 269 g/mol. The summed E-state index contributed by atoms with van der Waals surface area (Å²) >= 11 is 11.6. The Morgan fingerprint density at radius 1 is 1.38 bits per heavy atom. The van der Waals surface area contributed by atoms with E-state index in [1.807, 2.05) is 0 Å². The van der Waals surface area contributed by atoms with E-state index in [0.29, 0.717) is 15.6 Å². The molecule has 1 aromatic rings. The zero-order valence-electron chi connectivity index (χ0n) is 8.41.